The molecular formula is C13H13ClN2O2. The second kappa shape index (κ2) is 5.23. The van der Waals surface area contributed by atoms with E-state index in [4.69, 9.17) is 16.1 Å². The van der Waals surface area contributed by atoms with Crippen LogP contribution in [0.2, 0.25) is 5.02 Å². The molecule has 1 aromatic heterocycles. The van der Waals surface area contributed by atoms with E-state index in [1.807, 2.05) is 26.0 Å². The van der Waals surface area contributed by atoms with Crippen molar-refractivity contribution in [3.05, 3.63) is 35.4 Å². The number of carbonyl (C=O) groups is 1. The predicted molar refractivity (Wildman–Crippen MR) is 70.4 cm³/mol. The van der Waals surface area contributed by atoms with Crippen LogP contribution in [0.3, 0.4) is 0 Å². The first-order valence-corrected chi connectivity index (χ1v) is 5.97. The third-order valence-electron chi connectivity index (χ3n) is 2.42. The number of carbonyl (C=O) groups excluding carboxylic acids is 1. The lowest BCUT2D eigenvalue weighted by Gasteiger charge is -2.02. The van der Waals surface area contributed by atoms with Gasteiger partial charge in [0.25, 0.3) is 0 Å². The zero-order valence-corrected chi connectivity index (χ0v) is 10.9. The quantitative estimate of drug-likeness (QED) is 0.922. The average molecular weight is 265 g/mol. The number of nitrogens with zero attached hydrogens (tertiary/aromatic N) is 1. The molecule has 2 aromatic rings. The molecule has 1 N–H and O–H groups in total. The largest absolute Gasteiger partial charge is 0.338 e. The SMILES string of the molecule is CC(C)C(=O)Nc1cc(-c2ccc(Cl)cc2)no1. The Morgan fingerprint density at radius 1 is 1.33 bits per heavy atom. The maximum atomic E-state index is 11.5. The molecule has 0 spiro atoms. The van der Waals surface area contributed by atoms with Gasteiger partial charge in [0.05, 0.1) is 0 Å². The van der Waals surface area contributed by atoms with Gasteiger partial charge in [-0.25, -0.2) is 0 Å². The lowest BCUT2D eigenvalue weighted by molar-refractivity contribution is -0.119. The summed E-state index contributed by atoms with van der Waals surface area (Å²) in [6, 6.07) is 8.92. The van der Waals surface area contributed by atoms with E-state index in [2.05, 4.69) is 10.5 Å². The molecule has 0 radical (unpaired) electrons. The highest BCUT2D eigenvalue weighted by Gasteiger charge is 2.11. The first-order valence-electron chi connectivity index (χ1n) is 5.60. The summed E-state index contributed by atoms with van der Waals surface area (Å²) < 4.78 is 5.06. The van der Waals surface area contributed by atoms with Gasteiger partial charge in [-0.05, 0) is 12.1 Å². The van der Waals surface area contributed by atoms with Crippen LogP contribution in [0.1, 0.15) is 13.8 Å². The van der Waals surface area contributed by atoms with Gasteiger partial charge < -0.3 is 4.52 Å². The van der Waals surface area contributed by atoms with Crippen LogP contribution in [0.15, 0.2) is 34.9 Å². The molecule has 0 aliphatic carbocycles. The van der Waals surface area contributed by atoms with Crippen molar-refractivity contribution < 1.29 is 9.32 Å². The summed E-state index contributed by atoms with van der Waals surface area (Å²) in [5.41, 5.74) is 1.54. The van der Waals surface area contributed by atoms with E-state index in [1.54, 1.807) is 18.2 Å². The van der Waals surface area contributed by atoms with Gasteiger partial charge in [-0.2, -0.15) is 0 Å². The molecule has 0 saturated carbocycles. The van der Waals surface area contributed by atoms with Crippen molar-refractivity contribution in [3.8, 4) is 11.3 Å². The third-order valence-corrected chi connectivity index (χ3v) is 2.67. The molecule has 4 nitrogen and oxygen atoms in total. The molecule has 1 aromatic carbocycles. The van der Waals surface area contributed by atoms with E-state index >= 15 is 0 Å². The number of hydrogen-bond donors (Lipinski definition) is 1. The van der Waals surface area contributed by atoms with Crippen molar-refractivity contribution >= 4 is 23.4 Å². The smallest absolute Gasteiger partial charge is 0.231 e. The van der Waals surface area contributed by atoms with Crippen LogP contribution in [0.5, 0.6) is 0 Å². The number of hydrogen-bond acceptors (Lipinski definition) is 3. The number of rotatable bonds is 3. The molecule has 0 unspecified atom stereocenters. The summed E-state index contributed by atoms with van der Waals surface area (Å²) in [6.45, 7) is 3.62. The van der Waals surface area contributed by atoms with Gasteiger partial charge in [0.15, 0.2) is 0 Å². The van der Waals surface area contributed by atoms with Crippen LogP contribution in [0.25, 0.3) is 11.3 Å². The molecule has 5 heteroatoms. The first kappa shape index (κ1) is 12.6. The third kappa shape index (κ3) is 2.90. The number of nitrogens with one attached hydrogen (secondary N) is 1. The van der Waals surface area contributed by atoms with Crippen molar-refractivity contribution in [2.24, 2.45) is 5.92 Å². The molecule has 0 aliphatic rings. The first-order chi connectivity index (χ1) is 8.56. The Kier molecular flexibility index (Phi) is 3.67. The normalized spacial score (nSPS) is 10.7. The Hall–Kier alpha value is -1.81. The van der Waals surface area contributed by atoms with Crippen LogP contribution < -0.4 is 5.32 Å². The number of halogens is 1. The minimum Gasteiger partial charge on any atom is -0.338 e. The summed E-state index contributed by atoms with van der Waals surface area (Å²) in [6.07, 6.45) is 0. The Balaban J connectivity index is 2.15. The fraction of sp³-hybridized carbons (Fsp3) is 0.231. The van der Waals surface area contributed by atoms with Gasteiger partial charge in [0.2, 0.25) is 11.8 Å². The van der Waals surface area contributed by atoms with Gasteiger partial charge in [0.1, 0.15) is 5.69 Å². The van der Waals surface area contributed by atoms with E-state index in [9.17, 15) is 4.79 Å². The van der Waals surface area contributed by atoms with Gasteiger partial charge in [0, 0.05) is 22.6 Å². The summed E-state index contributed by atoms with van der Waals surface area (Å²) in [7, 11) is 0. The van der Waals surface area contributed by atoms with Crippen molar-refractivity contribution in [2.75, 3.05) is 5.32 Å². The van der Waals surface area contributed by atoms with Crippen molar-refractivity contribution in [1.82, 2.24) is 5.16 Å². The van der Waals surface area contributed by atoms with E-state index in [-0.39, 0.29) is 11.8 Å². The molecule has 0 atom stereocenters. The summed E-state index contributed by atoms with van der Waals surface area (Å²) >= 11 is 5.81. The highest BCUT2D eigenvalue weighted by Crippen LogP contribution is 2.23. The molecule has 0 fully saturated rings. The Labute approximate surface area is 110 Å². The fourth-order valence-electron chi connectivity index (χ4n) is 1.36. The van der Waals surface area contributed by atoms with E-state index in [0.29, 0.717) is 16.6 Å². The van der Waals surface area contributed by atoms with Crippen LogP contribution in [0, 0.1) is 5.92 Å². The van der Waals surface area contributed by atoms with Crippen molar-refractivity contribution in [2.45, 2.75) is 13.8 Å². The molecule has 18 heavy (non-hydrogen) atoms. The molecule has 1 heterocycles. The number of aromatic nitrogens is 1. The van der Waals surface area contributed by atoms with E-state index < -0.39 is 0 Å². The summed E-state index contributed by atoms with van der Waals surface area (Å²) in [4.78, 5) is 11.5. The zero-order valence-electron chi connectivity index (χ0n) is 10.1. The minimum atomic E-state index is -0.103. The van der Waals surface area contributed by atoms with E-state index in [1.165, 1.54) is 0 Å². The standard InChI is InChI=1S/C13H13ClN2O2/c1-8(2)13(17)15-12-7-11(16-18-12)9-3-5-10(14)6-4-9/h3-8H,1-2H3,(H,15,17). The predicted octanol–water partition coefficient (Wildman–Crippen LogP) is 3.59. The monoisotopic (exact) mass is 264 g/mol. The topological polar surface area (TPSA) is 55.1 Å². The molecule has 1 amide bonds. The molecule has 0 bridgehead atoms. The maximum absolute atomic E-state index is 11.5. The Morgan fingerprint density at radius 2 is 2.00 bits per heavy atom. The number of amides is 1. The lowest BCUT2D eigenvalue weighted by atomic mass is 10.1. The van der Waals surface area contributed by atoms with Gasteiger partial charge in [-0.1, -0.05) is 42.7 Å². The second-order valence-electron chi connectivity index (χ2n) is 4.23. The van der Waals surface area contributed by atoms with E-state index in [0.717, 1.165) is 5.56 Å². The fourth-order valence-corrected chi connectivity index (χ4v) is 1.48. The van der Waals surface area contributed by atoms with Crippen LogP contribution in [-0.2, 0) is 4.79 Å². The van der Waals surface area contributed by atoms with Crippen LogP contribution in [0.4, 0.5) is 5.88 Å². The molecule has 0 aliphatic heterocycles. The average Bonchev–Trinajstić information content (AvgIpc) is 2.78. The zero-order chi connectivity index (χ0) is 13.1. The van der Waals surface area contributed by atoms with Crippen LogP contribution in [-0.4, -0.2) is 11.1 Å². The highest BCUT2D eigenvalue weighted by atomic mass is 35.5. The van der Waals surface area contributed by atoms with Crippen LogP contribution >= 0.6 is 11.6 Å². The molecule has 94 valence electrons. The van der Waals surface area contributed by atoms with Gasteiger partial charge in [-0.15, -0.1) is 0 Å². The second-order valence-corrected chi connectivity index (χ2v) is 4.66. The Morgan fingerprint density at radius 3 is 2.61 bits per heavy atom. The minimum absolute atomic E-state index is 0.103. The Bertz CT molecular complexity index is 546. The number of benzene rings is 1. The maximum Gasteiger partial charge on any atom is 0.231 e. The number of anilines is 1. The summed E-state index contributed by atoms with van der Waals surface area (Å²) in [5, 5.41) is 7.21. The molecule has 2 rings (SSSR count). The molecular weight excluding hydrogens is 252 g/mol. The van der Waals surface area contributed by atoms with Gasteiger partial charge >= 0.3 is 0 Å². The molecule has 0 saturated heterocycles. The lowest BCUT2D eigenvalue weighted by Crippen LogP contribution is -2.17. The van der Waals surface area contributed by atoms with Crippen molar-refractivity contribution in [3.63, 3.8) is 0 Å². The van der Waals surface area contributed by atoms with Gasteiger partial charge in [-0.3, -0.25) is 10.1 Å². The van der Waals surface area contributed by atoms with Crippen molar-refractivity contribution in [1.29, 1.82) is 0 Å². The highest BCUT2D eigenvalue weighted by molar-refractivity contribution is 6.30. The summed E-state index contributed by atoms with van der Waals surface area (Å²) in [5.74, 6) is 0.140.